The highest BCUT2D eigenvalue weighted by Crippen LogP contribution is 2.17. The van der Waals surface area contributed by atoms with Crippen LogP contribution in [0.5, 0.6) is 0 Å². The second kappa shape index (κ2) is 5.50. The molecule has 0 amide bonds. The largest absolute Gasteiger partial charge is 0.0622 e. The molecular weight excluding hydrogens is 172 g/mol. The van der Waals surface area contributed by atoms with E-state index in [-0.39, 0.29) is 0 Å². The number of hydrogen-bond acceptors (Lipinski definition) is 2. The van der Waals surface area contributed by atoms with Crippen LogP contribution in [0.3, 0.4) is 0 Å². The predicted octanol–water partition coefficient (Wildman–Crippen LogP) is 3.38. The maximum Gasteiger partial charge on any atom is 0 e. The molecule has 0 saturated carbocycles. The SMILES string of the molecule is N#N.c1ccc(-c2ccccc2)cc1. The fourth-order valence-electron chi connectivity index (χ4n) is 1.26. The zero-order chi connectivity index (χ0) is 10.2. The van der Waals surface area contributed by atoms with E-state index in [1.165, 1.54) is 11.1 Å². The summed E-state index contributed by atoms with van der Waals surface area (Å²) in [5.74, 6) is 0. The lowest BCUT2D eigenvalue weighted by atomic mass is 10.1. The first-order chi connectivity index (χ1) is 6.97. The van der Waals surface area contributed by atoms with Crippen LogP contribution in [0.4, 0.5) is 0 Å². The molecule has 0 spiro atoms. The van der Waals surface area contributed by atoms with Crippen molar-refractivity contribution < 1.29 is 0 Å². The maximum absolute atomic E-state index is 6.00. The van der Waals surface area contributed by atoms with Gasteiger partial charge in [-0.15, -0.1) is 0 Å². The molecule has 2 aromatic rings. The Morgan fingerprint density at radius 3 is 1.07 bits per heavy atom. The van der Waals surface area contributed by atoms with Gasteiger partial charge in [-0.05, 0) is 11.1 Å². The summed E-state index contributed by atoms with van der Waals surface area (Å²) in [5, 5.41) is 12.0. The van der Waals surface area contributed by atoms with Crippen LogP contribution in [-0.2, 0) is 0 Å². The fraction of sp³-hybridized carbons (Fsp3) is 0. The normalized spacial score (nSPS) is 8.43. The molecule has 14 heavy (non-hydrogen) atoms. The fourth-order valence-corrected chi connectivity index (χ4v) is 1.26. The minimum atomic E-state index is 1.28. The molecule has 2 heteroatoms. The van der Waals surface area contributed by atoms with Gasteiger partial charge in [-0.3, -0.25) is 0 Å². The summed E-state index contributed by atoms with van der Waals surface area (Å²) >= 11 is 0. The minimum absolute atomic E-state index is 1.28. The van der Waals surface area contributed by atoms with Crippen LogP contribution >= 0.6 is 0 Å². The van der Waals surface area contributed by atoms with Gasteiger partial charge in [-0.2, -0.15) is 0 Å². The van der Waals surface area contributed by atoms with Crippen molar-refractivity contribution in [1.82, 2.24) is 0 Å². The molecule has 0 heterocycles. The van der Waals surface area contributed by atoms with E-state index in [1.807, 2.05) is 12.1 Å². The molecule has 0 radical (unpaired) electrons. The van der Waals surface area contributed by atoms with Crippen molar-refractivity contribution in [3.8, 4) is 11.1 Å². The van der Waals surface area contributed by atoms with E-state index < -0.39 is 0 Å². The van der Waals surface area contributed by atoms with E-state index in [0.29, 0.717) is 0 Å². The van der Waals surface area contributed by atoms with Crippen molar-refractivity contribution in [2.45, 2.75) is 0 Å². The van der Waals surface area contributed by atoms with Gasteiger partial charge in [0.05, 0.1) is 0 Å². The van der Waals surface area contributed by atoms with Crippen LogP contribution < -0.4 is 0 Å². The molecule has 0 aliphatic rings. The predicted molar refractivity (Wildman–Crippen MR) is 55.3 cm³/mol. The third-order valence-corrected chi connectivity index (χ3v) is 1.88. The Morgan fingerprint density at radius 1 is 0.500 bits per heavy atom. The lowest BCUT2D eigenvalue weighted by molar-refractivity contribution is 1.15. The van der Waals surface area contributed by atoms with E-state index in [1.54, 1.807) is 0 Å². The molecule has 0 bridgehead atoms. The topological polar surface area (TPSA) is 47.6 Å². The van der Waals surface area contributed by atoms with Crippen LogP contribution in [0.2, 0.25) is 0 Å². The highest BCUT2D eigenvalue weighted by molar-refractivity contribution is 5.62. The van der Waals surface area contributed by atoms with E-state index in [2.05, 4.69) is 48.5 Å². The van der Waals surface area contributed by atoms with E-state index >= 15 is 0 Å². The summed E-state index contributed by atoms with van der Waals surface area (Å²) in [6.07, 6.45) is 0. The molecule has 0 atom stereocenters. The first-order valence-corrected chi connectivity index (χ1v) is 4.27. The first kappa shape index (κ1) is 9.94. The minimum Gasteiger partial charge on any atom is -0.0622 e. The van der Waals surface area contributed by atoms with Crippen LogP contribution in [0.15, 0.2) is 60.7 Å². The van der Waals surface area contributed by atoms with Gasteiger partial charge >= 0.3 is 0 Å². The number of rotatable bonds is 1. The zero-order valence-corrected chi connectivity index (χ0v) is 7.67. The Bertz CT molecular complexity index is 341. The van der Waals surface area contributed by atoms with Gasteiger partial charge in [-0.25, -0.2) is 0 Å². The molecule has 2 aromatic carbocycles. The van der Waals surface area contributed by atoms with Crippen LogP contribution in [0.1, 0.15) is 0 Å². The van der Waals surface area contributed by atoms with E-state index in [4.69, 9.17) is 10.8 Å². The molecular formula is C12H10N2. The molecule has 0 fully saturated rings. The van der Waals surface area contributed by atoms with Gasteiger partial charge in [0.15, 0.2) is 0 Å². The molecule has 2 rings (SSSR count). The summed E-state index contributed by atoms with van der Waals surface area (Å²) in [7, 11) is 0. The Hall–Kier alpha value is -2.14. The average molecular weight is 182 g/mol. The van der Waals surface area contributed by atoms with Gasteiger partial charge in [0.25, 0.3) is 0 Å². The molecule has 0 unspecified atom stereocenters. The van der Waals surface area contributed by atoms with Gasteiger partial charge in [0, 0.05) is 10.8 Å². The summed E-state index contributed by atoms with van der Waals surface area (Å²) in [6.45, 7) is 0. The molecule has 0 saturated heterocycles. The van der Waals surface area contributed by atoms with Crippen molar-refractivity contribution in [1.29, 1.82) is 10.8 Å². The Balaban J connectivity index is 0.000000461. The highest BCUT2D eigenvalue weighted by Gasteiger charge is 1.91. The van der Waals surface area contributed by atoms with Crippen LogP contribution in [-0.4, -0.2) is 0 Å². The highest BCUT2D eigenvalue weighted by atomic mass is 14.6. The summed E-state index contributed by atoms with van der Waals surface area (Å²) in [5.41, 5.74) is 2.55. The second-order valence-corrected chi connectivity index (χ2v) is 2.73. The number of hydrogen-bond donors (Lipinski definition) is 0. The molecule has 0 aromatic heterocycles. The van der Waals surface area contributed by atoms with E-state index in [9.17, 15) is 0 Å². The van der Waals surface area contributed by atoms with Crippen LogP contribution in [0, 0.1) is 10.8 Å². The van der Waals surface area contributed by atoms with Gasteiger partial charge in [0.2, 0.25) is 0 Å². The standard InChI is InChI=1S/C12H10.N2/c1-3-7-11(8-4-1)12-9-5-2-6-10-12;1-2/h1-10H;. The smallest absolute Gasteiger partial charge is 0 e. The Morgan fingerprint density at radius 2 is 0.786 bits per heavy atom. The van der Waals surface area contributed by atoms with Gasteiger partial charge in [-0.1, -0.05) is 60.7 Å². The second-order valence-electron chi connectivity index (χ2n) is 2.73. The van der Waals surface area contributed by atoms with Crippen LogP contribution in [0.25, 0.3) is 11.1 Å². The molecule has 68 valence electrons. The van der Waals surface area contributed by atoms with Crippen molar-refractivity contribution in [2.75, 3.05) is 0 Å². The Labute approximate surface area is 83.2 Å². The van der Waals surface area contributed by atoms with E-state index in [0.717, 1.165) is 0 Å². The number of benzene rings is 2. The monoisotopic (exact) mass is 182 g/mol. The summed E-state index contributed by atoms with van der Waals surface area (Å²) in [4.78, 5) is 0. The van der Waals surface area contributed by atoms with Gasteiger partial charge < -0.3 is 0 Å². The summed E-state index contributed by atoms with van der Waals surface area (Å²) in [6, 6.07) is 20.8. The molecule has 0 N–H and O–H groups in total. The Kier molecular flexibility index (Phi) is 3.90. The lowest BCUT2D eigenvalue weighted by Crippen LogP contribution is -1.73. The van der Waals surface area contributed by atoms with Crippen molar-refractivity contribution in [3.05, 3.63) is 60.7 Å². The molecule has 2 nitrogen and oxygen atoms in total. The number of nitrogens with zero attached hydrogens (tertiary/aromatic N) is 2. The zero-order valence-electron chi connectivity index (χ0n) is 7.67. The quantitative estimate of drug-likeness (QED) is 0.634. The van der Waals surface area contributed by atoms with Crippen molar-refractivity contribution in [2.24, 2.45) is 0 Å². The van der Waals surface area contributed by atoms with Gasteiger partial charge in [0.1, 0.15) is 0 Å². The maximum atomic E-state index is 6.00. The van der Waals surface area contributed by atoms with Crippen molar-refractivity contribution in [3.63, 3.8) is 0 Å². The third kappa shape index (κ3) is 2.43. The molecule has 0 aliphatic carbocycles. The summed E-state index contributed by atoms with van der Waals surface area (Å²) < 4.78 is 0. The average Bonchev–Trinajstić information content (AvgIpc) is 2.34. The van der Waals surface area contributed by atoms with Crippen molar-refractivity contribution >= 4 is 0 Å². The molecule has 0 aliphatic heterocycles. The first-order valence-electron chi connectivity index (χ1n) is 4.27. The third-order valence-electron chi connectivity index (χ3n) is 1.88. The lowest BCUT2D eigenvalue weighted by Gasteiger charge is -1.98.